The van der Waals surface area contributed by atoms with Gasteiger partial charge < -0.3 is 14.8 Å². The molecule has 0 aliphatic carbocycles. The molecule has 0 heterocycles. The Balaban J connectivity index is 2.49. The SMILES string of the molecule is CCNCc1ccccc1-c1cc(OC)ccc1OC. The molecule has 0 unspecified atom stereocenters. The minimum Gasteiger partial charge on any atom is -0.497 e. The lowest BCUT2D eigenvalue weighted by atomic mass is 9.98. The molecule has 0 spiro atoms. The molecule has 1 N–H and O–H groups in total. The van der Waals surface area contributed by atoms with Gasteiger partial charge in [0.15, 0.2) is 0 Å². The Kier molecular flexibility index (Phi) is 5.02. The van der Waals surface area contributed by atoms with Crippen molar-refractivity contribution in [3.63, 3.8) is 0 Å². The fraction of sp³-hybridized carbons (Fsp3) is 0.294. The average molecular weight is 271 g/mol. The van der Waals surface area contributed by atoms with Crippen LogP contribution in [-0.4, -0.2) is 20.8 Å². The summed E-state index contributed by atoms with van der Waals surface area (Å²) in [7, 11) is 3.37. The van der Waals surface area contributed by atoms with E-state index in [0.717, 1.165) is 30.2 Å². The Labute approximate surface area is 120 Å². The number of rotatable bonds is 6. The Hall–Kier alpha value is -2.00. The molecule has 0 aromatic heterocycles. The van der Waals surface area contributed by atoms with Crippen LogP contribution < -0.4 is 14.8 Å². The molecule has 2 aromatic rings. The van der Waals surface area contributed by atoms with Crippen molar-refractivity contribution in [2.45, 2.75) is 13.5 Å². The number of benzene rings is 2. The molecule has 0 aliphatic heterocycles. The predicted octanol–water partition coefficient (Wildman–Crippen LogP) is 3.48. The van der Waals surface area contributed by atoms with Crippen LogP contribution in [0.15, 0.2) is 42.5 Å². The molecular formula is C17H21NO2. The summed E-state index contributed by atoms with van der Waals surface area (Å²) in [6.07, 6.45) is 0. The van der Waals surface area contributed by atoms with Crippen LogP contribution in [0.4, 0.5) is 0 Å². The number of methoxy groups -OCH3 is 2. The van der Waals surface area contributed by atoms with E-state index in [1.165, 1.54) is 11.1 Å². The first-order valence-electron chi connectivity index (χ1n) is 6.81. The molecule has 0 saturated carbocycles. The van der Waals surface area contributed by atoms with Gasteiger partial charge in [-0.05, 0) is 35.9 Å². The number of hydrogen-bond donors (Lipinski definition) is 1. The zero-order valence-electron chi connectivity index (χ0n) is 12.3. The van der Waals surface area contributed by atoms with E-state index in [4.69, 9.17) is 9.47 Å². The lowest BCUT2D eigenvalue weighted by Gasteiger charge is -2.14. The summed E-state index contributed by atoms with van der Waals surface area (Å²) in [5.41, 5.74) is 3.48. The van der Waals surface area contributed by atoms with Gasteiger partial charge in [0.05, 0.1) is 14.2 Å². The summed E-state index contributed by atoms with van der Waals surface area (Å²) in [4.78, 5) is 0. The molecule has 2 aromatic carbocycles. The minimum absolute atomic E-state index is 0.832. The molecule has 0 radical (unpaired) electrons. The second kappa shape index (κ2) is 6.96. The number of hydrogen-bond acceptors (Lipinski definition) is 3. The molecule has 20 heavy (non-hydrogen) atoms. The molecule has 3 heteroatoms. The Morgan fingerprint density at radius 2 is 1.75 bits per heavy atom. The Bertz CT molecular complexity index is 567. The van der Waals surface area contributed by atoms with Gasteiger partial charge in [0, 0.05) is 12.1 Å². The van der Waals surface area contributed by atoms with Crippen LogP contribution in [0.1, 0.15) is 12.5 Å². The fourth-order valence-corrected chi connectivity index (χ4v) is 2.22. The van der Waals surface area contributed by atoms with Crippen LogP contribution >= 0.6 is 0 Å². The maximum absolute atomic E-state index is 5.48. The second-order valence-electron chi connectivity index (χ2n) is 4.50. The molecular weight excluding hydrogens is 250 g/mol. The van der Waals surface area contributed by atoms with E-state index in [1.807, 2.05) is 24.3 Å². The standard InChI is InChI=1S/C17H21NO2/c1-4-18-12-13-7-5-6-8-15(13)16-11-14(19-2)9-10-17(16)20-3/h5-11,18H,4,12H2,1-3H3. The van der Waals surface area contributed by atoms with Crippen molar-refractivity contribution in [2.24, 2.45) is 0 Å². The van der Waals surface area contributed by atoms with Gasteiger partial charge in [-0.25, -0.2) is 0 Å². The van der Waals surface area contributed by atoms with E-state index < -0.39 is 0 Å². The van der Waals surface area contributed by atoms with E-state index in [2.05, 4.69) is 30.4 Å². The summed E-state index contributed by atoms with van der Waals surface area (Å²) in [5.74, 6) is 1.69. The van der Waals surface area contributed by atoms with Gasteiger partial charge in [0.2, 0.25) is 0 Å². The van der Waals surface area contributed by atoms with Gasteiger partial charge in [-0.3, -0.25) is 0 Å². The van der Waals surface area contributed by atoms with Crippen LogP contribution in [0, 0.1) is 0 Å². The molecule has 106 valence electrons. The summed E-state index contributed by atoms with van der Waals surface area (Å²) >= 11 is 0. The lowest BCUT2D eigenvalue weighted by Crippen LogP contribution is -2.12. The van der Waals surface area contributed by atoms with Crippen molar-refractivity contribution in [1.82, 2.24) is 5.32 Å². The fourth-order valence-electron chi connectivity index (χ4n) is 2.22. The summed E-state index contributed by atoms with van der Waals surface area (Å²) in [6.45, 7) is 3.89. The van der Waals surface area contributed by atoms with Crippen LogP contribution in [0.5, 0.6) is 11.5 Å². The smallest absolute Gasteiger partial charge is 0.126 e. The van der Waals surface area contributed by atoms with Gasteiger partial charge in [-0.2, -0.15) is 0 Å². The minimum atomic E-state index is 0.832. The highest BCUT2D eigenvalue weighted by molar-refractivity contribution is 5.74. The molecule has 0 atom stereocenters. The van der Waals surface area contributed by atoms with Crippen molar-refractivity contribution >= 4 is 0 Å². The van der Waals surface area contributed by atoms with Gasteiger partial charge in [-0.1, -0.05) is 31.2 Å². The zero-order chi connectivity index (χ0) is 14.4. The van der Waals surface area contributed by atoms with Crippen LogP contribution in [0.3, 0.4) is 0 Å². The normalized spacial score (nSPS) is 10.3. The van der Waals surface area contributed by atoms with E-state index in [9.17, 15) is 0 Å². The second-order valence-corrected chi connectivity index (χ2v) is 4.50. The van der Waals surface area contributed by atoms with Crippen molar-refractivity contribution in [3.8, 4) is 22.6 Å². The first-order valence-corrected chi connectivity index (χ1v) is 6.81. The predicted molar refractivity (Wildman–Crippen MR) is 82.4 cm³/mol. The quantitative estimate of drug-likeness (QED) is 0.872. The van der Waals surface area contributed by atoms with Gasteiger partial charge in [-0.15, -0.1) is 0 Å². The van der Waals surface area contributed by atoms with E-state index in [0.29, 0.717) is 0 Å². The average Bonchev–Trinajstić information content (AvgIpc) is 2.52. The van der Waals surface area contributed by atoms with Gasteiger partial charge in [0.1, 0.15) is 11.5 Å². The molecule has 0 bridgehead atoms. The molecule has 0 aliphatic rings. The topological polar surface area (TPSA) is 30.5 Å². The largest absolute Gasteiger partial charge is 0.497 e. The van der Waals surface area contributed by atoms with E-state index in [1.54, 1.807) is 14.2 Å². The third-order valence-corrected chi connectivity index (χ3v) is 3.28. The van der Waals surface area contributed by atoms with Crippen molar-refractivity contribution in [2.75, 3.05) is 20.8 Å². The zero-order valence-corrected chi connectivity index (χ0v) is 12.3. The monoisotopic (exact) mass is 271 g/mol. The van der Waals surface area contributed by atoms with Crippen LogP contribution in [0.25, 0.3) is 11.1 Å². The van der Waals surface area contributed by atoms with Crippen LogP contribution in [-0.2, 0) is 6.54 Å². The summed E-state index contributed by atoms with van der Waals surface area (Å²) < 4.78 is 10.8. The first kappa shape index (κ1) is 14.4. The van der Waals surface area contributed by atoms with Crippen molar-refractivity contribution in [1.29, 1.82) is 0 Å². The number of ether oxygens (including phenoxy) is 2. The highest BCUT2D eigenvalue weighted by Crippen LogP contribution is 2.35. The third kappa shape index (κ3) is 3.11. The maximum atomic E-state index is 5.48. The third-order valence-electron chi connectivity index (χ3n) is 3.28. The molecule has 3 nitrogen and oxygen atoms in total. The summed E-state index contributed by atoms with van der Waals surface area (Å²) in [6, 6.07) is 14.2. The van der Waals surface area contributed by atoms with Crippen molar-refractivity contribution < 1.29 is 9.47 Å². The summed E-state index contributed by atoms with van der Waals surface area (Å²) in [5, 5.41) is 3.37. The highest BCUT2D eigenvalue weighted by atomic mass is 16.5. The van der Waals surface area contributed by atoms with Crippen LogP contribution in [0.2, 0.25) is 0 Å². The van der Waals surface area contributed by atoms with Crippen molar-refractivity contribution in [3.05, 3.63) is 48.0 Å². The highest BCUT2D eigenvalue weighted by Gasteiger charge is 2.11. The molecule has 0 fully saturated rings. The molecule has 0 amide bonds. The van der Waals surface area contributed by atoms with Gasteiger partial charge in [0.25, 0.3) is 0 Å². The Morgan fingerprint density at radius 1 is 0.950 bits per heavy atom. The number of nitrogens with one attached hydrogen (secondary N) is 1. The Morgan fingerprint density at radius 3 is 2.45 bits per heavy atom. The van der Waals surface area contributed by atoms with E-state index >= 15 is 0 Å². The van der Waals surface area contributed by atoms with Gasteiger partial charge >= 0.3 is 0 Å². The van der Waals surface area contributed by atoms with E-state index in [-0.39, 0.29) is 0 Å². The molecule has 0 saturated heterocycles. The molecule has 2 rings (SSSR count). The lowest BCUT2D eigenvalue weighted by molar-refractivity contribution is 0.404. The first-order chi connectivity index (χ1) is 9.80. The maximum Gasteiger partial charge on any atom is 0.126 e.